The SMILES string of the molecule is CC1CN(C(=O)c2ccccc2-c2ccoc2)CC(C)N1Cc1ccc(C(=O)NO)cc1. The smallest absolute Gasteiger partial charge is 0.274 e. The molecule has 2 N–H and O–H groups in total. The fraction of sp³-hybridized carbons (Fsp3) is 0.280. The van der Waals surface area contributed by atoms with E-state index in [2.05, 4.69) is 18.7 Å². The number of rotatable bonds is 5. The van der Waals surface area contributed by atoms with Gasteiger partial charge in [0.1, 0.15) is 0 Å². The van der Waals surface area contributed by atoms with Crippen LogP contribution in [0.1, 0.15) is 40.1 Å². The molecule has 166 valence electrons. The lowest BCUT2D eigenvalue weighted by atomic mass is 9.99. The van der Waals surface area contributed by atoms with E-state index in [1.54, 1.807) is 30.1 Å². The van der Waals surface area contributed by atoms with E-state index in [1.807, 2.05) is 47.4 Å². The fourth-order valence-corrected chi connectivity index (χ4v) is 4.38. The monoisotopic (exact) mass is 433 g/mol. The zero-order chi connectivity index (χ0) is 22.7. The lowest BCUT2D eigenvalue weighted by Crippen LogP contribution is -2.57. The molecule has 3 aromatic rings. The lowest BCUT2D eigenvalue weighted by molar-refractivity contribution is 0.0270. The number of hydrogen-bond acceptors (Lipinski definition) is 5. The molecule has 2 heterocycles. The van der Waals surface area contributed by atoms with Gasteiger partial charge in [0.05, 0.1) is 12.5 Å². The Morgan fingerprint density at radius 3 is 2.34 bits per heavy atom. The Kier molecular flexibility index (Phi) is 6.39. The minimum absolute atomic E-state index is 0.0273. The highest BCUT2D eigenvalue weighted by atomic mass is 16.5. The van der Waals surface area contributed by atoms with Gasteiger partial charge in [-0.05, 0) is 49.2 Å². The summed E-state index contributed by atoms with van der Waals surface area (Å²) in [6.07, 6.45) is 3.27. The third kappa shape index (κ3) is 4.44. The summed E-state index contributed by atoms with van der Waals surface area (Å²) < 4.78 is 5.21. The molecule has 0 bridgehead atoms. The van der Waals surface area contributed by atoms with Crippen molar-refractivity contribution in [2.45, 2.75) is 32.5 Å². The molecule has 0 saturated carbocycles. The van der Waals surface area contributed by atoms with Crippen molar-refractivity contribution >= 4 is 11.8 Å². The van der Waals surface area contributed by atoms with Crippen LogP contribution in [-0.2, 0) is 6.54 Å². The van der Waals surface area contributed by atoms with Gasteiger partial charge in [-0.2, -0.15) is 0 Å². The van der Waals surface area contributed by atoms with Gasteiger partial charge in [-0.3, -0.25) is 19.7 Å². The molecule has 4 rings (SSSR count). The lowest BCUT2D eigenvalue weighted by Gasteiger charge is -2.44. The number of carbonyl (C=O) groups excluding carboxylic acids is 2. The summed E-state index contributed by atoms with van der Waals surface area (Å²) in [5.74, 6) is -0.499. The van der Waals surface area contributed by atoms with Gasteiger partial charge in [-0.1, -0.05) is 30.3 Å². The van der Waals surface area contributed by atoms with Crippen LogP contribution in [0.15, 0.2) is 71.5 Å². The van der Waals surface area contributed by atoms with Crippen molar-refractivity contribution in [3.8, 4) is 11.1 Å². The Morgan fingerprint density at radius 1 is 1.03 bits per heavy atom. The minimum atomic E-state index is -0.527. The summed E-state index contributed by atoms with van der Waals surface area (Å²) in [6.45, 7) is 6.25. The quantitative estimate of drug-likeness (QED) is 0.472. The highest BCUT2D eigenvalue weighted by Gasteiger charge is 2.33. The Morgan fingerprint density at radius 2 is 1.72 bits per heavy atom. The molecule has 1 aromatic heterocycles. The predicted molar refractivity (Wildman–Crippen MR) is 120 cm³/mol. The molecule has 1 aliphatic rings. The number of nitrogens with zero attached hydrogens (tertiary/aromatic N) is 2. The summed E-state index contributed by atoms with van der Waals surface area (Å²) in [5, 5.41) is 8.77. The number of piperazine rings is 1. The summed E-state index contributed by atoms with van der Waals surface area (Å²) in [5.41, 5.74) is 5.58. The number of furan rings is 1. The van der Waals surface area contributed by atoms with Crippen LogP contribution in [0.4, 0.5) is 0 Å². The Hall–Kier alpha value is -3.42. The normalized spacial score (nSPS) is 19.0. The number of benzene rings is 2. The molecule has 1 aliphatic heterocycles. The van der Waals surface area contributed by atoms with Crippen LogP contribution in [-0.4, -0.2) is 52.0 Å². The van der Waals surface area contributed by atoms with Gasteiger partial charge < -0.3 is 9.32 Å². The van der Waals surface area contributed by atoms with E-state index in [0.717, 1.165) is 23.2 Å². The number of hydroxylamine groups is 1. The Labute approximate surface area is 187 Å². The fourth-order valence-electron chi connectivity index (χ4n) is 4.38. The van der Waals surface area contributed by atoms with Crippen molar-refractivity contribution in [3.63, 3.8) is 0 Å². The average Bonchev–Trinajstić information content (AvgIpc) is 3.35. The molecule has 7 nitrogen and oxygen atoms in total. The maximum absolute atomic E-state index is 13.4. The van der Waals surface area contributed by atoms with Gasteiger partial charge in [-0.25, -0.2) is 5.48 Å². The van der Waals surface area contributed by atoms with E-state index in [4.69, 9.17) is 9.62 Å². The van der Waals surface area contributed by atoms with Crippen molar-refractivity contribution in [2.24, 2.45) is 0 Å². The molecule has 2 atom stereocenters. The van der Waals surface area contributed by atoms with Gasteiger partial charge in [0.25, 0.3) is 11.8 Å². The molecule has 7 heteroatoms. The molecule has 2 amide bonds. The molecule has 2 unspecified atom stereocenters. The van der Waals surface area contributed by atoms with Crippen LogP contribution >= 0.6 is 0 Å². The first kappa shape index (κ1) is 21.8. The molecule has 1 saturated heterocycles. The standard InChI is InChI=1S/C25H27N3O4/c1-17-13-27(25(30)23-6-4-3-5-22(23)21-11-12-32-16-21)14-18(2)28(17)15-19-7-9-20(10-8-19)24(29)26-31/h3-12,16-18,31H,13-15H2,1-2H3,(H,26,29). The zero-order valence-electron chi connectivity index (χ0n) is 18.2. The summed E-state index contributed by atoms with van der Waals surface area (Å²) in [6, 6.07) is 17.0. The first-order valence-electron chi connectivity index (χ1n) is 10.7. The first-order chi connectivity index (χ1) is 15.5. The second-order valence-corrected chi connectivity index (χ2v) is 8.28. The van der Waals surface area contributed by atoms with Gasteiger partial charge in [0.2, 0.25) is 0 Å². The third-order valence-electron chi connectivity index (χ3n) is 6.06. The van der Waals surface area contributed by atoms with E-state index in [1.165, 1.54) is 0 Å². The van der Waals surface area contributed by atoms with Crippen molar-refractivity contribution in [2.75, 3.05) is 13.1 Å². The highest BCUT2D eigenvalue weighted by molar-refractivity contribution is 6.01. The van der Waals surface area contributed by atoms with Gasteiger partial charge >= 0.3 is 0 Å². The molecule has 2 aromatic carbocycles. The molecular formula is C25H27N3O4. The van der Waals surface area contributed by atoms with E-state index < -0.39 is 5.91 Å². The van der Waals surface area contributed by atoms with E-state index in [-0.39, 0.29) is 18.0 Å². The molecule has 0 radical (unpaired) electrons. The van der Waals surface area contributed by atoms with E-state index in [9.17, 15) is 9.59 Å². The minimum Gasteiger partial charge on any atom is -0.472 e. The largest absolute Gasteiger partial charge is 0.472 e. The van der Waals surface area contributed by atoms with Crippen LogP contribution in [0, 0.1) is 0 Å². The maximum Gasteiger partial charge on any atom is 0.274 e. The van der Waals surface area contributed by atoms with Crippen LogP contribution in [0.5, 0.6) is 0 Å². The Balaban J connectivity index is 1.47. The van der Waals surface area contributed by atoms with Gasteiger partial charge in [-0.15, -0.1) is 0 Å². The molecule has 32 heavy (non-hydrogen) atoms. The predicted octanol–water partition coefficient (Wildman–Crippen LogP) is 3.80. The van der Waals surface area contributed by atoms with Crippen molar-refractivity contribution in [1.29, 1.82) is 0 Å². The van der Waals surface area contributed by atoms with Gasteiger partial charge in [0, 0.05) is 48.4 Å². The molecule has 0 spiro atoms. The number of carbonyl (C=O) groups is 2. The van der Waals surface area contributed by atoms with Gasteiger partial charge in [0.15, 0.2) is 0 Å². The topological polar surface area (TPSA) is 86.0 Å². The summed E-state index contributed by atoms with van der Waals surface area (Å²) >= 11 is 0. The number of nitrogens with one attached hydrogen (secondary N) is 1. The first-order valence-corrected chi connectivity index (χ1v) is 10.7. The Bertz CT molecular complexity index is 1070. The maximum atomic E-state index is 13.4. The highest BCUT2D eigenvalue weighted by Crippen LogP contribution is 2.27. The second-order valence-electron chi connectivity index (χ2n) is 8.28. The van der Waals surface area contributed by atoms with Crippen LogP contribution < -0.4 is 5.48 Å². The summed E-state index contributed by atoms with van der Waals surface area (Å²) in [4.78, 5) is 29.2. The summed E-state index contributed by atoms with van der Waals surface area (Å²) in [7, 11) is 0. The number of amides is 2. The molecular weight excluding hydrogens is 406 g/mol. The van der Waals surface area contributed by atoms with E-state index in [0.29, 0.717) is 24.2 Å². The van der Waals surface area contributed by atoms with Crippen LogP contribution in [0.3, 0.4) is 0 Å². The molecule has 1 fully saturated rings. The van der Waals surface area contributed by atoms with E-state index >= 15 is 0 Å². The van der Waals surface area contributed by atoms with Crippen molar-refractivity contribution in [3.05, 3.63) is 83.8 Å². The zero-order valence-corrected chi connectivity index (χ0v) is 18.2. The second kappa shape index (κ2) is 9.38. The molecule has 0 aliphatic carbocycles. The van der Waals surface area contributed by atoms with Crippen molar-refractivity contribution in [1.82, 2.24) is 15.3 Å². The van der Waals surface area contributed by atoms with Crippen LogP contribution in [0.2, 0.25) is 0 Å². The third-order valence-corrected chi connectivity index (χ3v) is 6.06. The van der Waals surface area contributed by atoms with Crippen molar-refractivity contribution < 1.29 is 19.2 Å². The number of hydrogen-bond donors (Lipinski definition) is 2. The van der Waals surface area contributed by atoms with Crippen LogP contribution in [0.25, 0.3) is 11.1 Å². The average molecular weight is 434 g/mol.